The highest BCUT2D eigenvalue weighted by molar-refractivity contribution is 6.36. The van der Waals surface area contributed by atoms with E-state index in [1.807, 2.05) is 18.7 Å². The minimum atomic E-state index is -0.340. The van der Waals surface area contributed by atoms with Gasteiger partial charge in [0, 0.05) is 17.1 Å². The quantitative estimate of drug-likeness (QED) is 0.805. The van der Waals surface area contributed by atoms with Crippen molar-refractivity contribution in [1.29, 1.82) is 0 Å². The van der Waals surface area contributed by atoms with Crippen molar-refractivity contribution in [3.63, 3.8) is 0 Å². The van der Waals surface area contributed by atoms with Crippen molar-refractivity contribution in [2.45, 2.75) is 32.7 Å². The molecule has 1 rings (SSSR count). The molecule has 1 amide bonds. The molecule has 0 aliphatic heterocycles. The Balaban J connectivity index is 2.65. The SMILES string of the molecule is CCCN(CC(=O)Nc1ccc(Cl)cc1Cl)CC(C)(C)N. The number of nitrogens with one attached hydrogen (secondary N) is 1. The van der Waals surface area contributed by atoms with E-state index < -0.39 is 0 Å². The highest BCUT2D eigenvalue weighted by Crippen LogP contribution is 2.25. The Kier molecular flexibility index (Phi) is 6.94. The normalized spacial score (nSPS) is 11.8. The van der Waals surface area contributed by atoms with Crippen molar-refractivity contribution >= 4 is 34.8 Å². The Bertz CT molecular complexity index is 486. The Morgan fingerprint density at radius 2 is 2.05 bits per heavy atom. The third-order valence-corrected chi connectivity index (χ3v) is 3.29. The second kappa shape index (κ2) is 7.99. The molecular weight excluding hydrogens is 309 g/mol. The van der Waals surface area contributed by atoms with E-state index in [2.05, 4.69) is 12.2 Å². The van der Waals surface area contributed by atoms with E-state index in [0.717, 1.165) is 13.0 Å². The number of carbonyl (C=O) groups is 1. The lowest BCUT2D eigenvalue weighted by Gasteiger charge is -2.29. The van der Waals surface area contributed by atoms with Crippen molar-refractivity contribution < 1.29 is 4.79 Å². The lowest BCUT2D eigenvalue weighted by Crippen LogP contribution is -2.47. The smallest absolute Gasteiger partial charge is 0.238 e. The van der Waals surface area contributed by atoms with Crippen LogP contribution < -0.4 is 11.1 Å². The first kappa shape index (κ1) is 18.2. The minimum absolute atomic E-state index is 0.114. The van der Waals surface area contributed by atoms with Crippen LogP contribution in [0.3, 0.4) is 0 Å². The highest BCUT2D eigenvalue weighted by atomic mass is 35.5. The van der Waals surface area contributed by atoms with Gasteiger partial charge in [-0.25, -0.2) is 0 Å². The summed E-state index contributed by atoms with van der Waals surface area (Å²) < 4.78 is 0. The van der Waals surface area contributed by atoms with Gasteiger partial charge in [-0.15, -0.1) is 0 Å². The predicted octanol–water partition coefficient (Wildman–Crippen LogP) is 3.38. The van der Waals surface area contributed by atoms with Crippen LogP contribution in [0.1, 0.15) is 27.2 Å². The van der Waals surface area contributed by atoms with Gasteiger partial charge in [-0.2, -0.15) is 0 Å². The number of nitrogens with two attached hydrogens (primary N) is 1. The van der Waals surface area contributed by atoms with Gasteiger partial charge in [0.15, 0.2) is 0 Å². The summed E-state index contributed by atoms with van der Waals surface area (Å²) in [5.74, 6) is -0.114. The zero-order valence-corrected chi connectivity index (χ0v) is 14.3. The Hall–Kier alpha value is -0.810. The van der Waals surface area contributed by atoms with E-state index in [1.165, 1.54) is 0 Å². The van der Waals surface area contributed by atoms with Crippen LogP contribution in [0.4, 0.5) is 5.69 Å². The molecule has 0 spiro atoms. The van der Waals surface area contributed by atoms with Gasteiger partial charge >= 0.3 is 0 Å². The summed E-state index contributed by atoms with van der Waals surface area (Å²) >= 11 is 11.9. The number of rotatable bonds is 7. The molecule has 0 radical (unpaired) electrons. The number of carbonyl (C=O) groups excluding carboxylic acids is 1. The van der Waals surface area contributed by atoms with Crippen LogP contribution in [0.5, 0.6) is 0 Å². The Morgan fingerprint density at radius 3 is 2.57 bits per heavy atom. The summed E-state index contributed by atoms with van der Waals surface area (Å²) in [5.41, 5.74) is 6.25. The molecule has 0 aliphatic carbocycles. The van der Waals surface area contributed by atoms with Crippen molar-refractivity contribution in [2.75, 3.05) is 25.0 Å². The van der Waals surface area contributed by atoms with Gasteiger partial charge in [0.05, 0.1) is 17.3 Å². The summed E-state index contributed by atoms with van der Waals surface area (Å²) in [6.07, 6.45) is 0.963. The molecular formula is C15H23Cl2N3O. The van der Waals surface area contributed by atoms with E-state index in [4.69, 9.17) is 28.9 Å². The van der Waals surface area contributed by atoms with E-state index in [0.29, 0.717) is 22.3 Å². The van der Waals surface area contributed by atoms with Gasteiger partial charge in [0.25, 0.3) is 0 Å². The minimum Gasteiger partial charge on any atom is -0.324 e. The van der Waals surface area contributed by atoms with Crippen molar-refractivity contribution in [3.05, 3.63) is 28.2 Å². The van der Waals surface area contributed by atoms with Gasteiger partial charge in [-0.3, -0.25) is 9.69 Å². The predicted molar refractivity (Wildman–Crippen MR) is 90.1 cm³/mol. The third kappa shape index (κ3) is 7.14. The van der Waals surface area contributed by atoms with Crippen LogP contribution in [0.2, 0.25) is 10.0 Å². The summed E-state index contributed by atoms with van der Waals surface area (Å²) in [7, 11) is 0. The molecule has 4 nitrogen and oxygen atoms in total. The lowest BCUT2D eigenvalue weighted by molar-refractivity contribution is -0.117. The molecule has 0 fully saturated rings. The maximum absolute atomic E-state index is 12.1. The molecule has 0 aliphatic rings. The monoisotopic (exact) mass is 331 g/mol. The number of hydrogen-bond donors (Lipinski definition) is 2. The number of halogens is 2. The molecule has 118 valence electrons. The maximum Gasteiger partial charge on any atom is 0.238 e. The second-order valence-electron chi connectivity index (χ2n) is 5.87. The van der Waals surface area contributed by atoms with Crippen molar-refractivity contribution in [2.24, 2.45) is 5.73 Å². The zero-order chi connectivity index (χ0) is 16.0. The van der Waals surface area contributed by atoms with Crippen molar-refractivity contribution in [1.82, 2.24) is 4.90 Å². The van der Waals surface area contributed by atoms with Crippen LogP contribution in [0.15, 0.2) is 18.2 Å². The van der Waals surface area contributed by atoms with Crippen LogP contribution in [-0.4, -0.2) is 36.0 Å². The van der Waals surface area contributed by atoms with Gasteiger partial charge in [0.2, 0.25) is 5.91 Å². The Morgan fingerprint density at radius 1 is 1.38 bits per heavy atom. The molecule has 3 N–H and O–H groups in total. The molecule has 6 heteroatoms. The second-order valence-corrected chi connectivity index (χ2v) is 6.72. The number of hydrogen-bond acceptors (Lipinski definition) is 3. The van der Waals surface area contributed by atoms with Crippen molar-refractivity contribution in [3.8, 4) is 0 Å². The average molecular weight is 332 g/mol. The maximum atomic E-state index is 12.1. The van der Waals surface area contributed by atoms with Crippen LogP contribution in [-0.2, 0) is 4.79 Å². The summed E-state index contributed by atoms with van der Waals surface area (Å²) in [5, 5.41) is 3.77. The molecule has 0 aromatic heterocycles. The zero-order valence-electron chi connectivity index (χ0n) is 12.7. The van der Waals surface area contributed by atoms with Gasteiger partial charge < -0.3 is 11.1 Å². The fraction of sp³-hybridized carbons (Fsp3) is 0.533. The molecule has 1 aromatic carbocycles. The topological polar surface area (TPSA) is 58.4 Å². The van der Waals surface area contributed by atoms with E-state index in [-0.39, 0.29) is 18.0 Å². The first-order valence-electron chi connectivity index (χ1n) is 6.97. The molecule has 0 atom stereocenters. The molecule has 0 heterocycles. The van der Waals surface area contributed by atoms with Gasteiger partial charge in [-0.1, -0.05) is 30.1 Å². The number of anilines is 1. The molecule has 0 saturated heterocycles. The molecule has 21 heavy (non-hydrogen) atoms. The van der Waals surface area contributed by atoms with E-state index in [1.54, 1.807) is 18.2 Å². The molecule has 0 bridgehead atoms. The molecule has 0 saturated carbocycles. The molecule has 1 aromatic rings. The number of benzene rings is 1. The third-order valence-electron chi connectivity index (χ3n) is 2.74. The Labute approximate surface area is 136 Å². The van der Waals surface area contributed by atoms with Crippen LogP contribution in [0, 0.1) is 0 Å². The summed E-state index contributed by atoms with van der Waals surface area (Å²) in [6.45, 7) is 7.73. The van der Waals surface area contributed by atoms with Crippen LogP contribution in [0.25, 0.3) is 0 Å². The van der Waals surface area contributed by atoms with Gasteiger partial charge in [0.1, 0.15) is 0 Å². The fourth-order valence-corrected chi connectivity index (χ4v) is 2.55. The fourth-order valence-electron chi connectivity index (χ4n) is 2.09. The van der Waals surface area contributed by atoms with E-state index >= 15 is 0 Å². The first-order chi connectivity index (χ1) is 9.71. The van der Waals surface area contributed by atoms with Crippen LogP contribution >= 0.6 is 23.2 Å². The first-order valence-corrected chi connectivity index (χ1v) is 7.73. The molecule has 0 unspecified atom stereocenters. The standard InChI is InChI=1S/C15H23Cl2N3O/c1-4-7-20(10-15(2,3)18)9-14(21)19-13-6-5-11(16)8-12(13)17/h5-6,8H,4,7,9-10,18H2,1-3H3,(H,19,21). The summed E-state index contributed by atoms with van der Waals surface area (Å²) in [4.78, 5) is 14.2. The lowest BCUT2D eigenvalue weighted by atomic mass is 10.1. The number of amides is 1. The largest absolute Gasteiger partial charge is 0.324 e. The highest BCUT2D eigenvalue weighted by Gasteiger charge is 2.18. The van der Waals surface area contributed by atoms with Gasteiger partial charge in [-0.05, 0) is 45.0 Å². The van der Waals surface area contributed by atoms with E-state index in [9.17, 15) is 4.79 Å². The average Bonchev–Trinajstić information content (AvgIpc) is 2.31. The summed E-state index contributed by atoms with van der Waals surface area (Å²) in [6, 6.07) is 4.99. The number of nitrogens with zero attached hydrogens (tertiary/aromatic N) is 1.